The Morgan fingerprint density at radius 3 is 1.77 bits per heavy atom. The van der Waals surface area contributed by atoms with Gasteiger partial charge in [0.15, 0.2) is 5.54 Å². The largest absolute Gasteiger partial charge is 0.381 e. The second kappa shape index (κ2) is 12.9. The molecule has 0 unspecified atom stereocenters. The number of rotatable bonds is 10. The molecule has 0 aliphatic carbocycles. The highest BCUT2D eigenvalue weighted by atomic mass is 16.1. The Morgan fingerprint density at radius 2 is 1.19 bits per heavy atom. The first kappa shape index (κ1) is 29.4. The van der Waals surface area contributed by atoms with Crippen LogP contribution >= 0.6 is 0 Å². The number of aromatic nitrogens is 4. The van der Waals surface area contributed by atoms with E-state index in [0.717, 1.165) is 44.6 Å². The van der Waals surface area contributed by atoms with Gasteiger partial charge in [-0.1, -0.05) is 146 Å². The van der Waals surface area contributed by atoms with Gasteiger partial charge < -0.3 is 11.1 Å². The maximum atomic E-state index is 11.6. The van der Waals surface area contributed by atoms with Crippen LogP contribution in [0.3, 0.4) is 0 Å². The summed E-state index contributed by atoms with van der Waals surface area (Å²) >= 11 is 0. The van der Waals surface area contributed by atoms with E-state index in [2.05, 4.69) is 77.1 Å². The molecule has 7 rings (SSSR count). The minimum Gasteiger partial charge on any atom is -0.381 e. The average molecular weight is 613 g/mol. The summed E-state index contributed by atoms with van der Waals surface area (Å²) in [5.41, 5.74) is 13.0. The molecule has 0 aliphatic heterocycles. The molecule has 0 radical (unpaired) electrons. The lowest BCUT2D eigenvalue weighted by atomic mass is 9.77. The Bertz CT molecular complexity index is 2010. The number of carbonyl (C=O) groups excluding carboxylic acids is 1. The van der Waals surface area contributed by atoms with Crippen molar-refractivity contribution in [1.29, 1.82) is 0 Å². The van der Waals surface area contributed by atoms with Gasteiger partial charge in [0.2, 0.25) is 11.7 Å². The third-order valence-corrected chi connectivity index (χ3v) is 8.36. The van der Waals surface area contributed by atoms with Gasteiger partial charge in [-0.15, -0.1) is 15.0 Å². The Kier molecular flexibility index (Phi) is 8.09. The molecule has 6 aromatic carbocycles. The molecule has 7 aromatic rings. The smallest absolute Gasteiger partial charge is 0.248 e. The van der Waals surface area contributed by atoms with Crippen LogP contribution < -0.4 is 11.1 Å². The predicted octanol–water partition coefficient (Wildman–Crippen LogP) is 7.56. The van der Waals surface area contributed by atoms with E-state index in [1.54, 1.807) is 16.9 Å². The van der Waals surface area contributed by atoms with E-state index < -0.39 is 11.4 Å². The van der Waals surface area contributed by atoms with Gasteiger partial charge in [0.25, 0.3) is 0 Å². The topological polar surface area (TPSA) is 98.7 Å². The summed E-state index contributed by atoms with van der Waals surface area (Å²) in [6.45, 7) is 0.598. The number of hydrogen-bond donors (Lipinski definition) is 2. The lowest BCUT2D eigenvalue weighted by Gasteiger charge is -2.34. The van der Waals surface area contributed by atoms with E-state index in [1.165, 1.54) is 0 Å². The maximum absolute atomic E-state index is 11.6. The number of benzene rings is 6. The van der Waals surface area contributed by atoms with E-state index in [-0.39, 0.29) is 0 Å². The first-order valence-electron chi connectivity index (χ1n) is 15.4. The first-order valence-corrected chi connectivity index (χ1v) is 15.4. The van der Waals surface area contributed by atoms with Crippen LogP contribution in [0.5, 0.6) is 0 Å². The summed E-state index contributed by atoms with van der Waals surface area (Å²) in [4.78, 5) is 13.3. The number of carbonyl (C=O) groups is 1. The molecule has 1 heterocycles. The van der Waals surface area contributed by atoms with Crippen molar-refractivity contribution in [2.24, 2.45) is 5.73 Å². The Morgan fingerprint density at radius 1 is 0.638 bits per heavy atom. The molecular formula is C40H32N6O. The second-order valence-corrected chi connectivity index (χ2v) is 11.3. The summed E-state index contributed by atoms with van der Waals surface area (Å²) in [6.07, 6.45) is 0. The van der Waals surface area contributed by atoms with E-state index in [9.17, 15) is 4.79 Å². The van der Waals surface area contributed by atoms with Gasteiger partial charge in [-0.05, 0) is 56.8 Å². The van der Waals surface area contributed by atoms with Crippen LogP contribution in [0.1, 0.15) is 32.6 Å². The number of amides is 1. The van der Waals surface area contributed by atoms with E-state index >= 15 is 0 Å². The molecule has 228 valence electrons. The molecule has 0 aliphatic rings. The monoisotopic (exact) mass is 612 g/mol. The van der Waals surface area contributed by atoms with Gasteiger partial charge in [0.05, 0.1) is 0 Å². The van der Waals surface area contributed by atoms with Crippen molar-refractivity contribution in [2.75, 3.05) is 5.32 Å². The van der Waals surface area contributed by atoms with Crippen molar-refractivity contribution in [3.8, 4) is 22.5 Å². The molecule has 3 N–H and O–H groups in total. The van der Waals surface area contributed by atoms with Crippen molar-refractivity contribution in [1.82, 2.24) is 20.2 Å². The molecule has 0 bridgehead atoms. The van der Waals surface area contributed by atoms with Gasteiger partial charge in [0, 0.05) is 23.4 Å². The quantitative estimate of drug-likeness (QED) is 0.155. The summed E-state index contributed by atoms with van der Waals surface area (Å²) in [5.74, 6) is 0.0879. The van der Waals surface area contributed by atoms with Crippen molar-refractivity contribution < 1.29 is 4.79 Å². The molecule has 0 fully saturated rings. The molecule has 7 heteroatoms. The van der Waals surface area contributed by atoms with Crippen LogP contribution in [-0.4, -0.2) is 26.1 Å². The van der Waals surface area contributed by atoms with Crippen molar-refractivity contribution in [3.63, 3.8) is 0 Å². The molecular weight excluding hydrogens is 580 g/mol. The Labute approximate surface area is 273 Å². The summed E-state index contributed by atoms with van der Waals surface area (Å²) in [5, 5.41) is 17.9. The fourth-order valence-electron chi connectivity index (χ4n) is 6.07. The van der Waals surface area contributed by atoms with Crippen LogP contribution in [0.2, 0.25) is 0 Å². The molecule has 0 atom stereocenters. The lowest BCUT2D eigenvalue weighted by molar-refractivity contribution is 0.100. The van der Waals surface area contributed by atoms with E-state index in [1.807, 2.05) is 84.9 Å². The zero-order valence-electron chi connectivity index (χ0n) is 25.6. The SMILES string of the molecule is NC(=O)c1cccc(NCc2ccc(-c3ccccc3-c3nnn(C(c4ccccc4)(c4ccccc4)c4ccccc4)n3)cc2)c1. The fraction of sp³-hybridized carbons (Fsp3) is 0.0500. The predicted molar refractivity (Wildman–Crippen MR) is 186 cm³/mol. The zero-order valence-corrected chi connectivity index (χ0v) is 25.6. The highest BCUT2D eigenvalue weighted by Crippen LogP contribution is 2.40. The number of tetrazole rings is 1. The normalized spacial score (nSPS) is 11.2. The highest BCUT2D eigenvalue weighted by Gasteiger charge is 2.41. The number of hydrogen-bond acceptors (Lipinski definition) is 5. The fourth-order valence-corrected chi connectivity index (χ4v) is 6.07. The molecule has 0 saturated carbocycles. The van der Waals surface area contributed by atoms with Gasteiger partial charge >= 0.3 is 0 Å². The van der Waals surface area contributed by atoms with Gasteiger partial charge in [0.1, 0.15) is 0 Å². The lowest BCUT2D eigenvalue weighted by Crippen LogP contribution is -2.39. The summed E-state index contributed by atoms with van der Waals surface area (Å²) < 4.78 is 0. The number of nitrogens with one attached hydrogen (secondary N) is 1. The molecule has 1 aromatic heterocycles. The molecule has 1 amide bonds. The number of nitrogens with zero attached hydrogens (tertiary/aromatic N) is 4. The van der Waals surface area contributed by atoms with Crippen LogP contribution in [0.15, 0.2) is 164 Å². The minimum atomic E-state index is -0.852. The van der Waals surface area contributed by atoms with Crippen LogP contribution in [0.4, 0.5) is 5.69 Å². The molecule has 0 spiro atoms. The van der Waals surface area contributed by atoms with Crippen molar-refractivity contribution >= 4 is 11.6 Å². The average Bonchev–Trinajstić information content (AvgIpc) is 3.63. The van der Waals surface area contributed by atoms with Gasteiger partial charge in [-0.2, -0.15) is 0 Å². The Hall–Kier alpha value is -6.34. The van der Waals surface area contributed by atoms with Crippen LogP contribution in [0.25, 0.3) is 22.5 Å². The maximum Gasteiger partial charge on any atom is 0.248 e. The van der Waals surface area contributed by atoms with Gasteiger partial charge in [-0.25, -0.2) is 0 Å². The third kappa shape index (κ3) is 5.78. The number of anilines is 1. The highest BCUT2D eigenvalue weighted by molar-refractivity contribution is 5.93. The van der Waals surface area contributed by atoms with E-state index in [0.29, 0.717) is 17.9 Å². The molecule has 47 heavy (non-hydrogen) atoms. The van der Waals surface area contributed by atoms with Crippen LogP contribution in [-0.2, 0) is 12.1 Å². The summed E-state index contributed by atoms with van der Waals surface area (Å²) in [6, 6.07) is 54.7. The van der Waals surface area contributed by atoms with Crippen molar-refractivity contribution in [3.05, 3.63) is 192 Å². The van der Waals surface area contributed by atoms with Crippen LogP contribution in [0, 0.1) is 0 Å². The molecule has 7 nitrogen and oxygen atoms in total. The van der Waals surface area contributed by atoms with E-state index in [4.69, 9.17) is 16.0 Å². The standard InChI is InChI=1S/C40H32N6O/c41-38(47)31-13-12-20-35(27-31)42-28-29-23-25-30(26-24-29)36-21-10-11-22-37(36)39-43-45-46(44-39)40(32-14-4-1-5-15-32,33-16-6-2-7-17-33)34-18-8-3-9-19-34/h1-27,42H,28H2,(H2,41,47). The zero-order chi connectivity index (χ0) is 32.1. The Balaban J connectivity index is 1.25. The summed E-state index contributed by atoms with van der Waals surface area (Å²) in [7, 11) is 0. The number of primary amides is 1. The minimum absolute atomic E-state index is 0.447. The molecule has 0 saturated heterocycles. The van der Waals surface area contributed by atoms with Gasteiger partial charge in [-0.3, -0.25) is 4.79 Å². The third-order valence-electron chi connectivity index (χ3n) is 8.36. The van der Waals surface area contributed by atoms with Crippen molar-refractivity contribution in [2.45, 2.75) is 12.1 Å². The number of nitrogens with two attached hydrogens (primary N) is 1. The first-order chi connectivity index (χ1) is 23.1. The second-order valence-electron chi connectivity index (χ2n) is 11.3.